The van der Waals surface area contributed by atoms with Crippen LogP contribution >= 0.6 is 0 Å². The Labute approximate surface area is 105 Å². The van der Waals surface area contributed by atoms with Crippen molar-refractivity contribution in [2.75, 3.05) is 19.5 Å². The van der Waals surface area contributed by atoms with Crippen LogP contribution in [0.5, 0.6) is 0 Å². The molecule has 0 heterocycles. The topological polar surface area (TPSA) is 64.6 Å². The highest BCUT2D eigenvalue weighted by Gasteiger charge is 2.05. The van der Waals surface area contributed by atoms with Crippen LogP contribution in [0.25, 0.3) is 6.08 Å². The zero-order valence-corrected chi connectivity index (χ0v) is 10.5. The molecule has 96 valence electrons. The molecule has 1 amide bonds. The highest BCUT2D eigenvalue weighted by molar-refractivity contribution is 5.91. The number of carbonyl (C=O) groups excluding carboxylic acids is 2. The Morgan fingerprint density at radius 1 is 1.22 bits per heavy atom. The summed E-state index contributed by atoms with van der Waals surface area (Å²) in [5, 5.41) is 2.56. The lowest BCUT2D eigenvalue weighted by molar-refractivity contribution is -0.134. The van der Waals surface area contributed by atoms with Crippen LogP contribution in [0.2, 0.25) is 0 Å². The van der Waals surface area contributed by atoms with Crippen LogP contribution in [0.1, 0.15) is 11.1 Å². The van der Waals surface area contributed by atoms with Gasteiger partial charge in [0.2, 0.25) is 0 Å². The van der Waals surface area contributed by atoms with Gasteiger partial charge in [-0.2, -0.15) is 0 Å². The lowest BCUT2D eigenvalue weighted by atomic mass is 10.1. The Balaban J connectivity index is 3.00. The summed E-state index contributed by atoms with van der Waals surface area (Å²) in [7, 11) is 2.59. The van der Waals surface area contributed by atoms with Gasteiger partial charge in [0.05, 0.1) is 19.9 Å². The van der Waals surface area contributed by atoms with E-state index >= 15 is 0 Å². The third-order valence-corrected chi connectivity index (χ3v) is 2.23. The van der Waals surface area contributed by atoms with Crippen molar-refractivity contribution >= 4 is 23.8 Å². The fourth-order valence-corrected chi connectivity index (χ4v) is 1.32. The summed E-state index contributed by atoms with van der Waals surface area (Å²) in [6.45, 7) is 1.91. The molecule has 0 aromatic heterocycles. The minimum Gasteiger partial charge on any atom is -0.466 e. The van der Waals surface area contributed by atoms with Crippen LogP contribution in [0.15, 0.2) is 24.3 Å². The number of hydrogen-bond donors (Lipinski definition) is 1. The number of methoxy groups -OCH3 is 2. The first-order chi connectivity index (χ1) is 8.56. The Morgan fingerprint density at radius 3 is 2.56 bits per heavy atom. The molecule has 1 aromatic carbocycles. The second kappa shape index (κ2) is 6.44. The average molecular weight is 249 g/mol. The van der Waals surface area contributed by atoms with Gasteiger partial charge in [0.25, 0.3) is 0 Å². The van der Waals surface area contributed by atoms with Crippen molar-refractivity contribution in [1.29, 1.82) is 0 Å². The maximum atomic E-state index is 11.2. The fourth-order valence-electron chi connectivity index (χ4n) is 1.32. The van der Waals surface area contributed by atoms with Crippen molar-refractivity contribution in [3.63, 3.8) is 0 Å². The zero-order chi connectivity index (χ0) is 13.5. The second-order valence-corrected chi connectivity index (χ2v) is 3.56. The van der Waals surface area contributed by atoms with Gasteiger partial charge in [0.1, 0.15) is 0 Å². The van der Waals surface area contributed by atoms with Gasteiger partial charge in [0.15, 0.2) is 0 Å². The number of nitrogens with one attached hydrogen (secondary N) is 1. The molecule has 1 rings (SSSR count). The molecule has 0 saturated heterocycles. The van der Waals surface area contributed by atoms with Gasteiger partial charge in [-0.3, -0.25) is 5.32 Å². The molecule has 0 atom stereocenters. The van der Waals surface area contributed by atoms with E-state index in [1.165, 1.54) is 20.3 Å². The Morgan fingerprint density at radius 2 is 1.94 bits per heavy atom. The Hall–Kier alpha value is -2.30. The normalized spacial score (nSPS) is 10.2. The molecule has 5 heteroatoms. The van der Waals surface area contributed by atoms with E-state index in [0.29, 0.717) is 11.3 Å². The lowest BCUT2D eigenvalue weighted by Crippen LogP contribution is -2.11. The Kier molecular flexibility index (Phi) is 4.92. The highest BCUT2D eigenvalue weighted by Crippen LogP contribution is 2.19. The van der Waals surface area contributed by atoms with Crippen molar-refractivity contribution in [3.05, 3.63) is 35.4 Å². The zero-order valence-electron chi connectivity index (χ0n) is 10.5. The van der Waals surface area contributed by atoms with Crippen molar-refractivity contribution in [1.82, 2.24) is 0 Å². The van der Waals surface area contributed by atoms with E-state index < -0.39 is 12.1 Å². The predicted octanol–water partition coefficient (Wildman–Crippen LogP) is 2.36. The summed E-state index contributed by atoms with van der Waals surface area (Å²) >= 11 is 0. The molecular weight excluding hydrogens is 234 g/mol. The summed E-state index contributed by atoms with van der Waals surface area (Å²) in [6.07, 6.45) is 2.30. The van der Waals surface area contributed by atoms with Crippen molar-refractivity contribution in [3.8, 4) is 0 Å². The monoisotopic (exact) mass is 249 g/mol. The highest BCUT2D eigenvalue weighted by atomic mass is 16.5. The summed E-state index contributed by atoms with van der Waals surface area (Å²) < 4.78 is 9.03. The average Bonchev–Trinajstić information content (AvgIpc) is 2.38. The first-order valence-electron chi connectivity index (χ1n) is 5.28. The quantitative estimate of drug-likeness (QED) is 0.659. The van der Waals surface area contributed by atoms with E-state index in [1.807, 2.05) is 19.1 Å². The number of carbonyl (C=O) groups is 2. The summed E-state index contributed by atoms with van der Waals surface area (Å²) in [4.78, 5) is 22.2. The van der Waals surface area contributed by atoms with Crippen LogP contribution in [0, 0.1) is 6.92 Å². The number of anilines is 1. The molecule has 0 saturated carbocycles. The molecule has 0 radical (unpaired) electrons. The second-order valence-electron chi connectivity index (χ2n) is 3.56. The SMILES string of the molecule is COC(=O)/C=C/c1cc(C)ccc1NC(=O)OC. The van der Waals surface area contributed by atoms with Gasteiger partial charge in [-0.15, -0.1) is 0 Å². The molecule has 0 unspecified atom stereocenters. The van der Waals surface area contributed by atoms with E-state index in [4.69, 9.17) is 0 Å². The van der Waals surface area contributed by atoms with Gasteiger partial charge in [0, 0.05) is 6.08 Å². The minimum atomic E-state index is -0.563. The molecule has 0 aliphatic rings. The maximum Gasteiger partial charge on any atom is 0.411 e. The summed E-state index contributed by atoms with van der Waals surface area (Å²) in [5.41, 5.74) is 2.27. The summed E-state index contributed by atoms with van der Waals surface area (Å²) in [5.74, 6) is -0.458. The van der Waals surface area contributed by atoms with Crippen LogP contribution in [-0.2, 0) is 14.3 Å². The van der Waals surface area contributed by atoms with E-state index in [0.717, 1.165) is 5.56 Å². The van der Waals surface area contributed by atoms with Gasteiger partial charge >= 0.3 is 12.1 Å². The van der Waals surface area contributed by atoms with E-state index in [2.05, 4.69) is 14.8 Å². The number of aryl methyl sites for hydroxylation is 1. The summed E-state index contributed by atoms with van der Waals surface area (Å²) in [6, 6.07) is 5.43. The fraction of sp³-hybridized carbons (Fsp3) is 0.231. The largest absolute Gasteiger partial charge is 0.466 e. The lowest BCUT2D eigenvalue weighted by Gasteiger charge is -2.08. The molecule has 0 spiro atoms. The third-order valence-electron chi connectivity index (χ3n) is 2.23. The van der Waals surface area contributed by atoms with E-state index in [1.54, 1.807) is 12.1 Å². The standard InChI is InChI=1S/C13H15NO4/c1-9-4-6-11(14-13(16)18-3)10(8-9)5-7-12(15)17-2/h4-8H,1-3H3,(H,14,16)/b7-5+. The number of ether oxygens (including phenoxy) is 2. The molecule has 0 bridgehead atoms. The molecule has 0 fully saturated rings. The van der Waals surface area contributed by atoms with E-state index in [-0.39, 0.29) is 0 Å². The van der Waals surface area contributed by atoms with Gasteiger partial charge in [-0.1, -0.05) is 11.6 Å². The number of amides is 1. The molecule has 0 aliphatic carbocycles. The molecule has 1 aromatic rings. The molecule has 1 N–H and O–H groups in total. The van der Waals surface area contributed by atoms with Crippen LogP contribution < -0.4 is 5.32 Å². The maximum absolute atomic E-state index is 11.2. The smallest absolute Gasteiger partial charge is 0.411 e. The molecule has 5 nitrogen and oxygen atoms in total. The molecule has 18 heavy (non-hydrogen) atoms. The first kappa shape index (κ1) is 13.8. The first-order valence-corrected chi connectivity index (χ1v) is 5.28. The molecule has 0 aliphatic heterocycles. The minimum absolute atomic E-state index is 0.458. The van der Waals surface area contributed by atoms with Crippen LogP contribution in [-0.4, -0.2) is 26.3 Å². The predicted molar refractivity (Wildman–Crippen MR) is 68.3 cm³/mol. The van der Waals surface area contributed by atoms with Gasteiger partial charge in [-0.25, -0.2) is 9.59 Å². The number of rotatable bonds is 3. The van der Waals surface area contributed by atoms with Crippen LogP contribution in [0.4, 0.5) is 10.5 Å². The van der Waals surface area contributed by atoms with E-state index in [9.17, 15) is 9.59 Å². The number of hydrogen-bond acceptors (Lipinski definition) is 4. The van der Waals surface area contributed by atoms with Crippen LogP contribution in [0.3, 0.4) is 0 Å². The number of esters is 1. The Bertz CT molecular complexity index is 480. The number of benzene rings is 1. The molecular formula is C13H15NO4. The van der Waals surface area contributed by atoms with Crippen molar-refractivity contribution in [2.24, 2.45) is 0 Å². The van der Waals surface area contributed by atoms with Gasteiger partial charge < -0.3 is 9.47 Å². The third kappa shape index (κ3) is 3.93. The van der Waals surface area contributed by atoms with Crippen molar-refractivity contribution < 1.29 is 19.1 Å². The van der Waals surface area contributed by atoms with Gasteiger partial charge in [-0.05, 0) is 30.7 Å². The van der Waals surface area contributed by atoms with Crippen molar-refractivity contribution in [2.45, 2.75) is 6.92 Å².